The Morgan fingerprint density at radius 1 is 0.944 bits per heavy atom. The van der Waals surface area contributed by atoms with E-state index in [9.17, 15) is 4.79 Å². The summed E-state index contributed by atoms with van der Waals surface area (Å²) in [6.07, 6.45) is 12.1. The van der Waals surface area contributed by atoms with Gasteiger partial charge in [-0.15, -0.1) is 11.6 Å². The van der Waals surface area contributed by atoms with Gasteiger partial charge in [0.25, 0.3) is 0 Å². The smallest absolute Gasteiger partial charge is 0.223 e. The molecule has 0 spiro atoms. The molecule has 2 aliphatic rings. The monoisotopic (exact) mass is 271 g/mol. The Morgan fingerprint density at radius 2 is 1.61 bits per heavy atom. The molecule has 3 heteroatoms. The average Bonchev–Trinajstić information content (AvgIpc) is 2.75. The first-order valence-electron chi connectivity index (χ1n) is 7.67. The summed E-state index contributed by atoms with van der Waals surface area (Å²) in [6, 6.07) is 0.348. The van der Waals surface area contributed by atoms with Gasteiger partial charge in [0.2, 0.25) is 5.91 Å². The summed E-state index contributed by atoms with van der Waals surface area (Å²) in [5.74, 6) is 1.76. The normalized spacial score (nSPS) is 30.7. The van der Waals surface area contributed by atoms with Crippen molar-refractivity contribution in [2.45, 2.75) is 70.3 Å². The van der Waals surface area contributed by atoms with Gasteiger partial charge in [-0.1, -0.05) is 38.5 Å². The van der Waals surface area contributed by atoms with E-state index < -0.39 is 0 Å². The van der Waals surface area contributed by atoms with Crippen LogP contribution in [0.15, 0.2) is 0 Å². The Morgan fingerprint density at radius 3 is 2.28 bits per heavy atom. The van der Waals surface area contributed by atoms with Crippen LogP contribution >= 0.6 is 11.6 Å². The highest BCUT2D eigenvalue weighted by Gasteiger charge is 2.29. The SMILES string of the molecule is O=C(NC1CCCC1CCl)C1CCCCCCC1. The number of alkyl halides is 1. The maximum Gasteiger partial charge on any atom is 0.223 e. The molecule has 104 valence electrons. The summed E-state index contributed by atoms with van der Waals surface area (Å²) >= 11 is 5.97. The van der Waals surface area contributed by atoms with E-state index in [0.717, 1.165) is 19.3 Å². The molecule has 0 aliphatic heterocycles. The maximum absolute atomic E-state index is 12.3. The number of nitrogens with one attached hydrogen (secondary N) is 1. The number of carbonyl (C=O) groups is 1. The minimum atomic E-state index is 0.266. The molecule has 1 amide bonds. The molecule has 0 heterocycles. The van der Waals surface area contributed by atoms with Gasteiger partial charge in [-0.3, -0.25) is 4.79 Å². The lowest BCUT2D eigenvalue weighted by Gasteiger charge is -2.24. The van der Waals surface area contributed by atoms with Crippen molar-refractivity contribution in [1.29, 1.82) is 0 Å². The molecular weight excluding hydrogens is 246 g/mol. The van der Waals surface area contributed by atoms with Crippen molar-refractivity contribution in [3.63, 3.8) is 0 Å². The Hall–Kier alpha value is -0.240. The van der Waals surface area contributed by atoms with Crippen molar-refractivity contribution in [1.82, 2.24) is 5.32 Å². The van der Waals surface area contributed by atoms with Crippen molar-refractivity contribution in [2.24, 2.45) is 11.8 Å². The summed E-state index contributed by atoms with van der Waals surface area (Å²) < 4.78 is 0. The van der Waals surface area contributed by atoms with E-state index in [1.54, 1.807) is 0 Å². The zero-order valence-electron chi connectivity index (χ0n) is 11.3. The minimum Gasteiger partial charge on any atom is -0.353 e. The first-order valence-corrected chi connectivity index (χ1v) is 8.21. The summed E-state index contributed by atoms with van der Waals surface area (Å²) in [6.45, 7) is 0. The van der Waals surface area contributed by atoms with Gasteiger partial charge in [-0.2, -0.15) is 0 Å². The average molecular weight is 272 g/mol. The summed E-state index contributed by atoms with van der Waals surface area (Å²) in [7, 11) is 0. The van der Waals surface area contributed by atoms with Crippen LogP contribution in [0.4, 0.5) is 0 Å². The van der Waals surface area contributed by atoms with E-state index in [1.165, 1.54) is 44.9 Å². The van der Waals surface area contributed by atoms with E-state index >= 15 is 0 Å². The van der Waals surface area contributed by atoms with Crippen LogP contribution in [0.25, 0.3) is 0 Å². The fourth-order valence-electron chi connectivity index (χ4n) is 3.43. The van der Waals surface area contributed by atoms with Crippen LogP contribution in [0.1, 0.15) is 64.2 Å². The van der Waals surface area contributed by atoms with E-state index in [4.69, 9.17) is 11.6 Å². The molecule has 18 heavy (non-hydrogen) atoms. The number of hydrogen-bond acceptors (Lipinski definition) is 1. The lowest BCUT2D eigenvalue weighted by atomic mass is 9.90. The Bertz CT molecular complexity index is 261. The first-order chi connectivity index (χ1) is 8.81. The summed E-state index contributed by atoms with van der Waals surface area (Å²) in [4.78, 5) is 12.3. The molecule has 0 aromatic carbocycles. The quantitative estimate of drug-likeness (QED) is 0.776. The van der Waals surface area contributed by atoms with Gasteiger partial charge in [0, 0.05) is 17.8 Å². The Labute approximate surface area is 116 Å². The predicted molar refractivity (Wildman–Crippen MR) is 75.8 cm³/mol. The van der Waals surface area contributed by atoms with Crippen molar-refractivity contribution in [3.05, 3.63) is 0 Å². The second-order valence-corrected chi connectivity index (χ2v) is 6.31. The second kappa shape index (κ2) is 7.37. The molecule has 2 atom stereocenters. The highest BCUT2D eigenvalue weighted by molar-refractivity contribution is 6.18. The molecular formula is C15H26ClNO. The van der Waals surface area contributed by atoms with E-state index in [0.29, 0.717) is 23.7 Å². The van der Waals surface area contributed by atoms with Crippen molar-refractivity contribution < 1.29 is 4.79 Å². The number of halogens is 1. The Balaban J connectivity index is 1.82. The molecule has 2 unspecified atom stereocenters. The van der Waals surface area contributed by atoms with Gasteiger partial charge >= 0.3 is 0 Å². The van der Waals surface area contributed by atoms with Crippen LogP contribution in [0.5, 0.6) is 0 Å². The molecule has 2 rings (SSSR count). The van der Waals surface area contributed by atoms with Gasteiger partial charge in [0.15, 0.2) is 0 Å². The van der Waals surface area contributed by atoms with Gasteiger partial charge in [0.1, 0.15) is 0 Å². The molecule has 0 bridgehead atoms. The van der Waals surface area contributed by atoms with Crippen molar-refractivity contribution in [2.75, 3.05) is 5.88 Å². The third-order valence-corrected chi connectivity index (χ3v) is 5.06. The lowest BCUT2D eigenvalue weighted by Crippen LogP contribution is -2.41. The molecule has 1 N–H and O–H groups in total. The topological polar surface area (TPSA) is 29.1 Å². The largest absolute Gasteiger partial charge is 0.353 e. The van der Waals surface area contributed by atoms with Crippen LogP contribution in [-0.2, 0) is 4.79 Å². The highest BCUT2D eigenvalue weighted by Crippen LogP contribution is 2.28. The van der Waals surface area contributed by atoms with Crippen LogP contribution < -0.4 is 5.32 Å². The first kappa shape index (κ1) is 14.2. The summed E-state index contributed by atoms with van der Waals surface area (Å²) in [5.41, 5.74) is 0. The zero-order valence-corrected chi connectivity index (χ0v) is 12.1. The molecule has 2 nitrogen and oxygen atoms in total. The fraction of sp³-hybridized carbons (Fsp3) is 0.933. The van der Waals surface area contributed by atoms with E-state index in [-0.39, 0.29) is 5.92 Å². The molecule has 0 radical (unpaired) electrons. The number of hydrogen-bond donors (Lipinski definition) is 1. The van der Waals surface area contributed by atoms with Gasteiger partial charge in [-0.25, -0.2) is 0 Å². The fourth-order valence-corrected chi connectivity index (χ4v) is 3.80. The van der Waals surface area contributed by atoms with E-state index in [2.05, 4.69) is 5.32 Å². The van der Waals surface area contributed by atoms with Crippen LogP contribution in [0, 0.1) is 11.8 Å². The van der Waals surface area contributed by atoms with Gasteiger partial charge in [0.05, 0.1) is 0 Å². The number of rotatable bonds is 3. The summed E-state index contributed by atoms with van der Waals surface area (Å²) in [5, 5.41) is 3.27. The third kappa shape index (κ3) is 3.88. The standard InChI is InChI=1S/C15H26ClNO/c16-11-13-9-6-10-14(13)17-15(18)12-7-4-2-1-3-5-8-12/h12-14H,1-11H2,(H,17,18). The third-order valence-electron chi connectivity index (χ3n) is 4.66. The highest BCUT2D eigenvalue weighted by atomic mass is 35.5. The molecule has 2 fully saturated rings. The molecule has 0 saturated heterocycles. The Kier molecular flexibility index (Phi) is 5.81. The molecule has 2 aliphatic carbocycles. The predicted octanol–water partition coefficient (Wildman–Crippen LogP) is 3.87. The number of carbonyl (C=O) groups excluding carboxylic acids is 1. The second-order valence-electron chi connectivity index (χ2n) is 6.00. The van der Waals surface area contributed by atoms with Crippen LogP contribution in [-0.4, -0.2) is 17.8 Å². The molecule has 2 saturated carbocycles. The van der Waals surface area contributed by atoms with Gasteiger partial charge in [-0.05, 0) is 31.6 Å². The minimum absolute atomic E-state index is 0.266. The van der Waals surface area contributed by atoms with Crippen molar-refractivity contribution >= 4 is 17.5 Å². The number of amides is 1. The van der Waals surface area contributed by atoms with Crippen LogP contribution in [0.2, 0.25) is 0 Å². The molecule has 0 aromatic heterocycles. The lowest BCUT2D eigenvalue weighted by molar-refractivity contribution is -0.126. The van der Waals surface area contributed by atoms with Gasteiger partial charge < -0.3 is 5.32 Å². The molecule has 0 aromatic rings. The van der Waals surface area contributed by atoms with Crippen molar-refractivity contribution in [3.8, 4) is 0 Å². The van der Waals surface area contributed by atoms with Crippen LogP contribution in [0.3, 0.4) is 0 Å². The van der Waals surface area contributed by atoms with E-state index in [1.807, 2.05) is 0 Å². The zero-order chi connectivity index (χ0) is 12.8. The maximum atomic E-state index is 12.3.